The number of aldehydes is 1. The molecular formula is C15H17N3O4S. The van der Waals surface area contributed by atoms with Gasteiger partial charge in [0.2, 0.25) is 0 Å². The number of ether oxygens (including phenoxy) is 1. The Morgan fingerprint density at radius 1 is 1.30 bits per heavy atom. The van der Waals surface area contributed by atoms with Gasteiger partial charge in [-0.15, -0.1) is 0 Å². The summed E-state index contributed by atoms with van der Waals surface area (Å²) in [5, 5.41) is 0. The molecule has 8 heteroatoms. The highest BCUT2D eigenvalue weighted by atomic mass is 32.2. The zero-order valence-corrected chi connectivity index (χ0v) is 13.2. The van der Waals surface area contributed by atoms with Crippen molar-refractivity contribution in [3.63, 3.8) is 0 Å². The Balaban J connectivity index is 1.71. The van der Waals surface area contributed by atoms with Crippen molar-refractivity contribution >= 4 is 22.7 Å². The van der Waals surface area contributed by atoms with E-state index in [9.17, 15) is 13.2 Å². The van der Waals surface area contributed by atoms with E-state index in [1.54, 1.807) is 24.7 Å². The monoisotopic (exact) mass is 335 g/mol. The van der Waals surface area contributed by atoms with Gasteiger partial charge in [0, 0.05) is 24.6 Å². The molecule has 1 aromatic heterocycles. The van der Waals surface area contributed by atoms with Crippen LogP contribution in [0.2, 0.25) is 0 Å². The van der Waals surface area contributed by atoms with Crippen LogP contribution in [0.15, 0.2) is 43.0 Å². The minimum Gasteiger partial charge on any atom is -0.344 e. The first-order valence-corrected chi connectivity index (χ1v) is 8.56. The van der Waals surface area contributed by atoms with Gasteiger partial charge >= 0.3 is 0 Å². The van der Waals surface area contributed by atoms with Crippen LogP contribution in [0.4, 0.5) is 5.69 Å². The predicted octanol–water partition coefficient (Wildman–Crippen LogP) is 0.425. The van der Waals surface area contributed by atoms with Gasteiger partial charge in [0.15, 0.2) is 12.5 Å². The van der Waals surface area contributed by atoms with Crippen molar-refractivity contribution in [1.29, 1.82) is 0 Å². The van der Waals surface area contributed by atoms with Crippen LogP contribution in [0.3, 0.4) is 0 Å². The molecule has 1 aromatic carbocycles. The van der Waals surface area contributed by atoms with Gasteiger partial charge in [-0.2, -0.15) is 0 Å². The van der Waals surface area contributed by atoms with E-state index in [4.69, 9.17) is 4.74 Å². The number of hydrogen-bond acceptors (Lipinski definition) is 6. The average Bonchev–Trinajstić information content (AvgIpc) is 3.17. The van der Waals surface area contributed by atoms with Gasteiger partial charge < -0.3 is 14.2 Å². The van der Waals surface area contributed by atoms with E-state index < -0.39 is 16.9 Å². The summed E-state index contributed by atoms with van der Waals surface area (Å²) in [5.74, 6) is 0.0203. The molecule has 122 valence electrons. The van der Waals surface area contributed by atoms with Crippen LogP contribution in [-0.4, -0.2) is 43.1 Å². The highest BCUT2D eigenvalue weighted by Crippen LogP contribution is 2.25. The summed E-state index contributed by atoms with van der Waals surface area (Å²) in [6, 6.07) is 7.14. The number of thiol groups is 1. The molecule has 7 nitrogen and oxygen atoms in total. The number of rotatable bonds is 6. The van der Waals surface area contributed by atoms with Gasteiger partial charge in [-0.25, -0.2) is 13.4 Å². The van der Waals surface area contributed by atoms with Gasteiger partial charge in [-0.05, 0) is 17.7 Å². The fourth-order valence-corrected chi connectivity index (χ4v) is 3.18. The summed E-state index contributed by atoms with van der Waals surface area (Å²) in [4.78, 5) is 17.1. The third kappa shape index (κ3) is 3.77. The molecule has 0 spiro atoms. The largest absolute Gasteiger partial charge is 0.344 e. The first-order chi connectivity index (χ1) is 11.2. The van der Waals surface area contributed by atoms with Crippen molar-refractivity contribution in [2.75, 3.05) is 11.4 Å². The lowest BCUT2D eigenvalue weighted by Crippen LogP contribution is -2.31. The van der Waals surface area contributed by atoms with Crippen LogP contribution in [0.5, 0.6) is 0 Å². The van der Waals surface area contributed by atoms with E-state index >= 15 is 0 Å². The molecule has 2 aromatic rings. The highest BCUT2D eigenvalue weighted by Gasteiger charge is 2.32. The maximum Gasteiger partial charge on any atom is 0.187 e. The molecule has 1 unspecified atom stereocenters. The fraction of sp³-hybridized carbons (Fsp3) is 0.333. The number of nitrogens with zero attached hydrogens (tertiary/aromatic N) is 3. The lowest BCUT2D eigenvalue weighted by Gasteiger charge is -2.20. The van der Waals surface area contributed by atoms with E-state index in [0.29, 0.717) is 13.1 Å². The molecule has 0 aliphatic carbocycles. The van der Waals surface area contributed by atoms with Gasteiger partial charge in [-0.1, -0.05) is 12.1 Å². The molecule has 1 saturated heterocycles. The van der Waals surface area contributed by atoms with Crippen LogP contribution in [0.25, 0.3) is 0 Å². The molecule has 2 atom stereocenters. The predicted molar refractivity (Wildman–Crippen MR) is 84.8 cm³/mol. The standard InChI is InChI=1S/C15H17N3O4S/c19-9-15-18(8-14(22-15)7-17-6-5-16-11-17)13-3-1-12(2-4-13)10-23(20)21/h1-6,9,11,14-15,23H,7-8,10H2/t14-,15?/m0/s1. The quantitative estimate of drug-likeness (QED) is 0.609. The Kier molecular flexibility index (Phi) is 4.73. The zero-order valence-electron chi connectivity index (χ0n) is 12.3. The molecule has 0 bridgehead atoms. The molecule has 0 radical (unpaired) electrons. The summed E-state index contributed by atoms with van der Waals surface area (Å²) >= 11 is 0. The van der Waals surface area contributed by atoms with Crippen LogP contribution >= 0.6 is 0 Å². The first kappa shape index (κ1) is 15.7. The molecular weight excluding hydrogens is 318 g/mol. The summed E-state index contributed by atoms with van der Waals surface area (Å²) in [5.41, 5.74) is 1.56. The van der Waals surface area contributed by atoms with Crippen molar-refractivity contribution in [3.05, 3.63) is 48.5 Å². The smallest absolute Gasteiger partial charge is 0.187 e. The third-order valence-electron chi connectivity index (χ3n) is 3.71. The van der Waals surface area contributed by atoms with E-state index in [1.165, 1.54) is 0 Å². The summed E-state index contributed by atoms with van der Waals surface area (Å²) < 4.78 is 29.2. The van der Waals surface area contributed by atoms with Gasteiger partial charge in [-0.3, -0.25) is 4.79 Å². The fourth-order valence-electron chi connectivity index (χ4n) is 2.67. The first-order valence-electron chi connectivity index (χ1n) is 7.19. The molecule has 1 fully saturated rings. The number of hydrogen-bond donors (Lipinski definition) is 1. The molecule has 1 aliphatic heterocycles. The van der Waals surface area contributed by atoms with E-state index in [0.717, 1.165) is 17.5 Å². The van der Waals surface area contributed by atoms with E-state index in [-0.39, 0.29) is 11.9 Å². The molecule has 23 heavy (non-hydrogen) atoms. The van der Waals surface area contributed by atoms with Crippen LogP contribution in [0.1, 0.15) is 5.56 Å². The SMILES string of the molecule is O=CC1O[C@@H](Cn2ccnc2)CN1c1ccc(C[SH](=O)=O)cc1. The number of carbonyl (C=O) groups is 1. The molecule has 0 amide bonds. The molecule has 0 N–H and O–H groups in total. The Morgan fingerprint density at radius 2 is 2.09 bits per heavy atom. The van der Waals surface area contributed by atoms with Gasteiger partial charge in [0.25, 0.3) is 0 Å². The van der Waals surface area contributed by atoms with Gasteiger partial charge in [0.1, 0.15) is 10.7 Å². The molecule has 1 aliphatic rings. The van der Waals surface area contributed by atoms with Crippen molar-refractivity contribution in [2.24, 2.45) is 0 Å². The lowest BCUT2D eigenvalue weighted by molar-refractivity contribution is -0.117. The lowest BCUT2D eigenvalue weighted by atomic mass is 10.2. The zero-order chi connectivity index (χ0) is 16.2. The Labute approximate surface area is 135 Å². The minimum absolute atomic E-state index is 0.0203. The average molecular weight is 335 g/mol. The second-order valence-electron chi connectivity index (χ2n) is 5.35. The number of aromatic nitrogens is 2. The summed E-state index contributed by atoms with van der Waals surface area (Å²) in [6.07, 6.45) is 5.28. The number of imidazole rings is 1. The van der Waals surface area contributed by atoms with Crippen LogP contribution in [0, 0.1) is 0 Å². The van der Waals surface area contributed by atoms with Crippen molar-refractivity contribution in [1.82, 2.24) is 9.55 Å². The maximum absolute atomic E-state index is 11.3. The Bertz CT molecular complexity index is 720. The van der Waals surface area contributed by atoms with Crippen molar-refractivity contribution in [2.45, 2.75) is 24.6 Å². The van der Waals surface area contributed by atoms with Crippen LogP contribution in [-0.2, 0) is 32.5 Å². The minimum atomic E-state index is -2.44. The maximum atomic E-state index is 11.3. The summed E-state index contributed by atoms with van der Waals surface area (Å²) in [6.45, 7) is 1.20. The number of anilines is 1. The van der Waals surface area contributed by atoms with Crippen molar-refractivity contribution < 1.29 is 17.9 Å². The number of benzene rings is 1. The van der Waals surface area contributed by atoms with E-state index in [2.05, 4.69) is 4.98 Å². The summed E-state index contributed by atoms with van der Waals surface area (Å²) in [7, 11) is -2.44. The third-order valence-corrected chi connectivity index (χ3v) is 4.33. The van der Waals surface area contributed by atoms with Crippen LogP contribution < -0.4 is 4.90 Å². The second kappa shape index (κ2) is 6.93. The normalized spacial score (nSPS) is 21.0. The van der Waals surface area contributed by atoms with Gasteiger partial charge in [0.05, 0.1) is 24.7 Å². The van der Waals surface area contributed by atoms with Crippen molar-refractivity contribution in [3.8, 4) is 0 Å². The van der Waals surface area contributed by atoms with E-state index in [1.807, 2.05) is 27.8 Å². The molecule has 2 heterocycles. The molecule has 0 saturated carbocycles. The molecule has 3 rings (SSSR count). The topological polar surface area (TPSA) is 81.5 Å². The number of carbonyl (C=O) groups excluding carboxylic acids is 1. The Hall–Kier alpha value is -2.19. The highest BCUT2D eigenvalue weighted by molar-refractivity contribution is 7.71. The Morgan fingerprint density at radius 3 is 2.70 bits per heavy atom. The second-order valence-corrected chi connectivity index (χ2v) is 6.34.